The van der Waals surface area contributed by atoms with E-state index in [4.69, 9.17) is 0 Å². The first-order valence-electron chi connectivity index (χ1n) is 7.23. The summed E-state index contributed by atoms with van der Waals surface area (Å²) in [6, 6.07) is 1.05. The maximum Gasteiger partial charge on any atom is 0.0890 e. The number of hydrogen-bond donors (Lipinski definition) is 0. The largest absolute Gasteiger partial charge is 0.321 e. The normalized spacial score (nSPS) is 27.0. The van der Waals surface area contributed by atoms with E-state index in [0.29, 0.717) is 0 Å². The smallest absolute Gasteiger partial charge is 0.0890 e. The van der Waals surface area contributed by atoms with Gasteiger partial charge in [-0.1, -0.05) is 13.3 Å². The van der Waals surface area contributed by atoms with Gasteiger partial charge in [0.25, 0.3) is 0 Å². The van der Waals surface area contributed by atoms with E-state index in [9.17, 15) is 0 Å². The van der Waals surface area contributed by atoms with Crippen molar-refractivity contribution in [2.24, 2.45) is 0 Å². The fraction of sp³-hybridized carbons (Fsp3) is 1.00. The minimum atomic E-state index is 1.05. The van der Waals surface area contributed by atoms with Crippen molar-refractivity contribution in [3.63, 3.8) is 0 Å². The first-order valence-corrected chi connectivity index (χ1v) is 7.23. The highest BCUT2D eigenvalue weighted by molar-refractivity contribution is 4.71. The molecule has 1 saturated carbocycles. The number of likely N-dealkylation sites (tertiary alicyclic amines) is 1. The van der Waals surface area contributed by atoms with Crippen molar-refractivity contribution < 1.29 is 4.48 Å². The monoisotopic (exact) mass is 210 g/mol. The fourth-order valence-electron chi connectivity index (χ4n) is 3.84. The second kappa shape index (κ2) is 5.34. The third-order valence-corrected chi connectivity index (χ3v) is 4.76. The lowest BCUT2D eigenvalue weighted by Crippen LogP contribution is -2.57. The van der Waals surface area contributed by atoms with Gasteiger partial charge >= 0.3 is 0 Å². The van der Waals surface area contributed by atoms with E-state index in [1.54, 1.807) is 0 Å². The molecule has 0 spiro atoms. The van der Waals surface area contributed by atoms with Gasteiger partial charge in [-0.2, -0.15) is 0 Å². The van der Waals surface area contributed by atoms with Gasteiger partial charge < -0.3 is 4.48 Å². The van der Waals surface area contributed by atoms with E-state index in [2.05, 4.69) is 6.92 Å². The maximum absolute atomic E-state index is 2.34. The second-order valence-corrected chi connectivity index (χ2v) is 5.74. The molecule has 0 atom stereocenters. The van der Waals surface area contributed by atoms with Gasteiger partial charge in [0, 0.05) is 0 Å². The highest BCUT2D eigenvalue weighted by Crippen LogP contribution is 2.33. The Morgan fingerprint density at radius 1 is 0.933 bits per heavy atom. The fourth-order valence-corrected chi connectivity index (χ4v) is 3.84. The third kappa shape index (κ3) is 2.55. The molecule has 1 nitrogen and oxygen atoms in total. The van der Waals surface area contributed by atoms with Crippen molar-refractivity contribution in [3.8, 4) is 0 Å². The van der Waals surface area contributed by atoms with Crippen molar-refractivity contribution in [2.75, 3.05) is 19.6 Å². The Balaban J connectivity index is 1.98. The second-order valence-electron chi connectivity index (χ2n) is 5.74. The van der Waals surface area contributed by atoms with Crippen molar-refractivity contribution in [3.05, 3.63) is 0 Å². The molecule has 15 heavy (non-hydrogen) atoms. The summed E-state index contributed by atoms with van der Waals surface area (Å²) in [5.74, 6) is 0. The number of piperidine rings is 1. The first-order chi connectivity index (χ1) is 7.37. The molecule has 1 aliphatic carbocycles. The highest BCUT2D eigenvalue weighted by Gasteiger charge is 2.38. The van der Waals surface area contributed by atoms with Crippen LogP contribution in [0.5, 0.6) is 0 Å². The summed E-state index contributed by atoms with van der Waals surface area (Å²) in [7, 11) is 0. The molecular weight excluding hydrogens is 182 g/mol. The predicted octanol–water partition coefficient (Wildman–Crippen LogP) is 3.73. The zero-order valence-corrected chi connectivity index (χ0v) is 10.5. The minimum absolute atomic E-state index is 1.05. The molecule has 0 bridgehead atoms. The van der Waals surface area contributed by atoms with E-state index < -0.39 is 0 Å². The predicted molar refractivity (Wildman–Crippen MR) is 65.9 cm³/mol. The van der Waals surface area contributed by atoms with Gasteiger partial charge in [-0.25, -0.2) is 0 Å². The number of nitrogens with zero attached hydrogens (tertiary/aromatic N) is 1. The van der Waals surface area contributed by atoms with E-state index >= 15 is 0 Å². The maximum atomic E-state index is 2.34. The van der Waals surface area contributed by atoms with E-state index in [-0.39, 0.29) is 0 Å². The van der Waals surface area contributed by atoms with Gasteiger partial charge in [0.05, 0.1) is 25.7 Å². The van der Waals surface area contributed by atoms with Crippen LogP contribution in [0.3, 0.4) is 0 Å². The van der Waals surface area contributed by atoms with Gasteiger partial charge in [0.15, 0.2) is 0 Å². The summed E-state index contributed by atoms with van der Waals surface area (Å²) in [5, 5.41) is 0. The van der Waals surface area contributed by atoms with Gasteiger partial charge in [-0.05, 0) is 51.4 Å². The zero-order valence-electron chi connectivity index (χ0n) is 10.5. The Labute approximate surface area is 95.4 Å². The van der Waals surface area contributed by atoms with Crippen molar-refractivity contribution >= 4 is 0 Å². The van der Waals surface area contributed by atoms with Gasteiger partial charge in [0.2, 0.25) is 0 Å². The standard InChI is InChI=1S/C14H28N/c1-2-3-11-15(12-7-4-8-13-15)14-9-5-6-10-14/h14H,2-13H2,1H3/q+1. The average Bonchev–Trinajstić information content (AvgIpc) is 2.82. The Hall–Kier alpha value is -0.0400. The van der Waals surface area contributed by atoms with Gasteiger partial charge in [-0.3, -0.25) is 0 Å². The van der Waals surface area contributed by atoms with Crippen LogP contribution >= 0.6 is 0 Å². The topological polar surface area (TPSA) is 0 Å². The van der Waals surface area contributed by atoms with Crippen LogP contribution < -0.4 is 0 Å². The minimum Gasteiger partial charge on any atom is -0.321 e. The molecule has 2 aliphatic rings. The molecule has 0 unspecified atom stereocenters. The molecule has 1 saturated heterocycles. The molecule has 0 amide bonds. The van der Waals surface area contributed by atoms with Crippen LogP contribution in [-0.2, 0) is 0 Å². The lowest BCUT2D eigenvalue weighted by molar-refractivity contribution is -0.955. The molecule has 2 fully saturated rings. The molecule has 1 aliphatic heterocycles. The van der Waals surface area contributed by atoms with E-state index in [0.717, 1.165) is 6.04 Å². The Morgan fingerprint density at radius 3 is 2.20 bits per heavy atom. The third-order valence-electron chi connectivity index (χ3n) is 4.76. The quantitative estimate of drug-likeness (QED) is 0.620. The lowest BCUT2D eigenvalue weighted by atomic mass is 10.0. The Bertz CT molecular complexity index is 176. The number of unbranched alkanes of at least 4 members (excludes halogenated alkanes) is 1. The molecule has 1 heteroatoms. The first kappa shape index (κ1) is 11.4. The summed E-state index contributed by atoms with van der Waals surface area (Å²) >= 11 is 0. The molecule has 0 aromatic heterocycles. The summed E-state index contributed by atoms with van der Waals surface area (Å²) in [6.07, 6.45) is 13.4. The van der Waals surface area contributed by atoms with Gasteiger partial charge in [0.1, 0.15) is 0 Å². The SMILES string of the molecule is CCCC[N+]1(C2CCCC2)CCCCC1. The molecule has 0 N–H and O–H groups in total. The van der Waals surface area contributed by atoms with Crippen LogP contribution in [-0.4, -0.2) is 30.2 Å². The molecule has 0 radical (unpaired) electrons. The summed E-state index contributed by atoms with van der Waals surface area (Å²) in [6.45, 7) is 6.84. The molecule has 0 aromatic rings. The summed E-state index contributed by atoms with van der Waals surface area (Å²) in [4.78, 5) is 0. The van der Waals surface area contributed by atoms with Crippen LogP contribution in [0.1, 0.15) is 64.7 Å². The molecular formula is C14H28N+. The average molecular weight is 210 g/mol. The van der Waals surface area contributed by atoms with Crippen LogP contribution in [0.25, 0.3) is 0 Å². The lowest BCUT2D eigenvalue weighted by Gasteiger charge is -2.46. The van der Waals surface area contributed by atoms with E-state index in [1.807, 2.05) is 0 Å². The summed E-state index contributed by atoms with van der Waals surface area (Å²) in [5.41, 5.74) is 0. The number of hydrogen-bond acceptors (Lipinski definition) is 0. The molecule has 88 valence electrons. The van der Waals surface area contributed by atoms with Crippen LogP contribution in [0.15, 0.2) is 0 Å². The van der Waals surface area contributed by atoms with Crippen molar-refractivity contribution in [1.82, 2.24) is 0 Å². The molecule has 2 rings (SSSR count). The Kier molecular flexibility index (Phi) is 4.07. The van der Waals surface area contributed by atoms with Crippen molar-refractivity contribution in [2.45, 2.75) is 70.8 Å². The number of rotatable bonds is 4. The Morgan fingerprint density at radius 2 is 1.60 bits per heavy atom. The molecule has 1 heterocycles. The number of quaternary nitrogens is 1. The zero-order chi connectivity index (χ0) is 10.6. The van der Waals surface area contributed by atoms with E-state index in [1.165, 1.54) is 81.9 Å². The van der Waals surface area contributed by atoms with Crippen LogP contribution in [0.2, 0.25) is 0 Å². The van der Waals surface area contributed by atoms with Crippen molar-refractivity contribution in [1.29, 1.82) is 0 Å². The summed E-state index contributed by atoms with van der Waals surface area (Å²) < 4.78 is 1.52. The highest BCUT2D eigenvalue weighted by atomic mass is 15.4. The van der Waals surface area contributed by atoms with Gasteiger partial charge in [-0.15, -0.1) is 0 Å². The molecule has 0 aromatic carbocycles. The van der Waals surface area contributed by atoms with Crippen LogP contribution in [0, 0.1) is 0 Å². The van der Waals surface area contributed by atoms with Crippen LogP contribution in [0.4, 0.5) is 0 Å².